The fourth-order valence-electron chi connectivity index (χ4n) is 2.43. The molecule has 0 amide bonds. The zero-order valence-corrected chi connectivity index (χ0v) is 17.8. The van der Waals surface area contributed by atoms with Gasteiger partial charge >= 0.3 is 0 Å². The van der Waals surface area contributed by atoms with Crippen molar-refractivity contribution in [1.82, 2.24) is 15.5 Å². The summed E-state index contributed by atoms with van der Waals surface area (Å²) in [4.78, 5) is 6.55. The van der Waals surface area contributed by atoms with Crippen molar-refractivity contribution >= 4 is 45.9 Å². The summed E-state index contributed by atoms with van der Waals surface area (Å²) in [5.41, 5.74) is 0.690. The number of nitrogens with zero attached hydrogens (tertiary/aromatic N) is 2. The quantitative estimate of drug-likeness (QED) is 0.347. The number of ether oxygens (including phenoxy) is 1. The second-order valence-corrected chi connectivity index (χ2v) is 6.28. The molecule has 1 heterocycles. The second-order valence-electron chi connectivity index (χ2n) is 5.37. The molecular weight excluding hydrogens is 490 g/mol. The third-order valence-corrected chi connectivity index (χ3v) is 4.24. The van der Waals surface area contributed by atoms with Gasteiger partial charge in [-0.15, -0.1) is 24.0 Å². The normalized spacial score (nSPS) is 15.7. The van der Waals surface area contributed by atoms with Crippen LogP contribution >= 0.6 is 39.9 Å². The number of nitrogens with one attached hydrogen (secondary N) is 2. The Bertz CT molecular complexity index is 527. The molecule has 1 fully saturated rings. The van der Waals surface area contributed by atoms with Crippen molar-refractivity contribution in [3.8, 4) is 0 Å². The van der Waals surface area contributed by atoms with Crippen molar-refractivity contribution in [3.05, 3.63) is 34.1 Å². The first-order valence-corrected chi connectivity index (χ1v) is 8.67. The standard InChI is InChI=1S/C16H24BrFN4O.HI/c1-19-16(21-6-7-22-8-10-23-11-9-22)20-5-4-13-12-14(17)2-3-15(13)18;/h2-3,12H,4-11H2,1H3,(H2,19,20,21);1H. The van der Waals surface area contributed by atoms with Crippen LogP contribution in [0.5, 0.6) is 0 Å². The van der Waals surface area contributed by atoms with Crippen molar-refractivity contribution in [1.29, 1.82) is 0 Å². The summed E-state index contributed by atoms with van der Waals surface area (Å²) in [6.45, 7) is 6.00. The van der Waals surface area contributed by atoms with Gasteiger partial charge in [0.05, 0.1) is 13.2 Å². The van der Waals surface area contributed by atoms with Crippen LogP contribution in [0.2, 0.25) is 0 Å². The minimum atomic E-state index is -0.176. The van der Waals surface area contributed by atoms with Crippen molar-refractivity contribution in [3.63, 3.8) is 0 Å². The average Bonchev–Trinajstić information content (AvgIpc) is 2.57. The molecular formula is C16H25BrFIN4O. The number of benzene rings is 1. The number of hydrogen-bond donors (Lipinski definition) is 2. The Morgan fingerprint density at radius 2 is 2.00 bits per heavy atom. The molecule has 2 N–H and O–H groups in total. The van der Waals surface area contributed by atoms with Gasteiger partial charge in [-0.3, -0.25) is 9.89 Å². The maximum absolute atomic E-state index is 13.7. The maximum atomic E-state index is 13.7. The summed E-state index contributed by atoms with van der Waals surface area (Å²) >= 11 is 3.37. The highest BCUT2D eigenvalue weighted by atomic mass is 127. The number of morpholine rings is 1. The lowest BCUT2D eigenvalue weighted by atomic mass is 10.1. The van der Waals surface area contributed by atoms with E-state index in [1.165, 1.54) is 6.07 Å². The number of rotatable bonds is 6. The summed E-state index contributed by atoms with van der Waals surface area (Å²) in [6.07, 6.45) is 0.607. The smallest absolute Gasteiger partial charge is 0.191 e. The highest BCUT2D eigenvalue weighted by molar-refractivity contribution is 14.0. The molecule has 1 aromatic rings. The topological polar surface area (TPSA) is 48.9 Å². The van der Waals surface area contributed by atoms with Crippen LogP contribution in [0.15, 0.2) is 27.7 Å². The highest BCUT2D eigenvalue weighted by Crippen LogP contribution is 2.15. The molecule has 0 unspecified atom stereocenters. The number of hydrogen-bond acceptors (Lipinski definition) is 3. The van der Waals surface area contributed by atoms with E-state index in [2.05, 4.69) is 36.5 Å². The molecule has 1 saturated heterocycles. The molecule has 0 radical (unpaired) electrons. The lowest BCUT2D eigenvalue weighted by molar-refractivity contribution is 0.0389. The van der Waals surface area contributed by atoms with E-state index in [1.54, 1.807) is 13.1 Å². The van der Waals surface area contributed by atoms with Gasteiger partial charge in [0, 0.05) is 44.2 Å². The van der Waals surface area contributed by atoms with Crippen LogP contribution in [0.1, 0.15) is 5.56 Å². The zero-order chi connectivity index (χ0) is 16.5. The second kappa shape index (κ2) is 12.0. The first kappa shape index (κ1) is 21.6. The molecule has 0 atom stereocenters. The van der Waals surface area contributed by atoms with Gasteiger partial charge in [-0.1, -0.05) is 15.9 Å². The summed E-state index contributed by atoms with van der Waals surface area (Å²) in [5.74, 6) is 0.568. The van der Waals surface area contributed by atoms with Crippen LogP contribution in [0.4, 0.5) is 4.39 Å². The minimum absolute atomic E-state index is 0. The summed E-state index contributed by atoms with van der Waals surface area (Å²) < 4.78 is 19.9. The summed E-state index contributed by atoms with van der Waals surface area (Å²) in [6, 6.07) is 5.00. The van der Waals surface area contributed by atoms with Crippen molar-refractivity contribution < 1.29 is 9.13 Å². The van der Waals surface area contributed by atoms with E-state index in [9.17, 15) is 4.39 Å². The highest BCUT2D eigenvalue weighted by Gasteiger charge is 2.09. The van der Waals surface area contributed by atoms with Gasteiger partial charge in [0.25, 0.3) is 0 Å². The van der Waals surface area contributed by atoms with Crippen molar-refractivity contribution in [2.45, 2.75) is 6.42 Å². The molecule has 0 saturated carbocycles. The van der Waals surface area contributed by atoms with Crippen LogP contribution in [-0.4, -0.2) is 63.8 Å². The van der Waals surface area contributed by atoms with E-state index in [0.717, 1.165) is 49.8 Å². The minimum Gasteiger partial charge on any atom is -0.379 e. The van der Waals surface area contributed by atoms with E-state index in [0.29, 0.717) is 18.5 Å². The van der Waals surface area contributed by atoms with Crippen LogP contribution < -0.4 is 10.6 Å². The van der Waals surface area contributed by atoms with Gasteiger partial charge < -0.3 is 15.4 Å². The maximum Gasteiger partial charge on any atom is 0.191 e. The van der Waals surface area contributed by atoms with E-state index < -0.39 is 0 Å². The van der Waals surface area contributed by atoms with Gasteiger partial charge in [-0.2, -0.15) is 0 Å². The molecule has 1 aliphatic rings. The first-order valence-electron chi connectivity index (χ1n) is 7.87. The van der Waals surface area contributed by atoms with Crippen LogP contribution in [0, 0.1) is 5.82 Å². The van der Waals surface area contributed by atoms with Crippen LogP contribution in [0.3, 0.4) is 0 Å². The number of halogens is 3. The molecule has 5 nitrogen and oxygen atoms in total. The Morgan fingerprint density at radius 1 is 1.29 bits per heavy atom. The van der Waals surface area contributed by atoms with Crippen LogP contribution in [0.25, 0.3) is 0 Å². The Kier molecular flexibility index (Phi) is 10.8. The predicted octanol–water partition coefficient (Wildman–Crippen LogP) is 2.25. The fourth-order valence-corrected chi connectivity index (χ4v) is 2.84. The first-order chi connectivity index (χ1) is 11.2. The average molecular weight is 515 g/mol. The molecule has 0 aromatic heterocycles. The lowest BCUT2D eigenvalue weighted by Crippen LogP contribution is -2.44. The van der Waals surface area contributed by atoms with E-state index >= 15 is 0 Å². The molecule has 0 aliphatic carbocycles. The molecule has 0 bridgehead atoms. The van der Waals surface area contributed by atoms with E-state index in [-0.39, 0.29) is 29.8 Å². The van der Waals surface area contributed by atoms with Crippen molar-refractivity contribution in [2.24, 2.45) is 4.99 Å². The Hall–Kier alpha value is -0.450. The molecule has 24 heavy (non-hydrogen) atoms. The van der Waals surface area contributed by atoms with E-state index in [4.69, 9.17) is 4.74 Å². The molecule has 8 heteroatoms. The molecule has 1 aromatic carbocycles. The summed E-state index contributed by atoms with van der Waals surface area (Å²) in [5, 5.41) is 6.50. The fraction of sp³-hybridized carbons (Fsp3) is 0.562. The van der Waals surface area contributed by atoms with E-state index in [1.807, 2.05) is 6.07 Å². The number of guanidine groups is 1. The van der Waals surface area contributed by atoms with Crippen molar-refractivity contribution in [2.75, 3.05) is 53.0 Å². The Morgan fingerprint density at radius 3 is 2.71 bits per heavy atom. The number of aliphatic imine (C=N–C) groups is 1. The van der Waals surface area contributed by atoms with Gasteiger partial charge in [-0.25, -0.2) is 4.39 Å². The molecule has 0 spiro atoms. The lowest BCUT2D eigenvalue weighted by Gasteiger charge is -2.26. The molecule has 2 rings (SSSR count). The monoisotopic (exact) mass is 514 g/mol. The predicted molar refractivity (Wildman–Crippen MR) is 110 cm³/mol. The zero-order valence-electron chi connectivity index (χ0n) is 13.9. The largest absolute Gasteiger partial charge is 0.379 e. The SMILES string of the molecule is CN=C(NCCc1cc(Br)ccc1F)NCCN1CCOCC1.I. The summed E-state index contributed by atoms with van der Waals surface area (Å²) in [7, 11) is 1.74. The molecule has 1 aliphatic heterocycles. The third-order valence-electron chi connectivity index (χ3n) is 3.74. The van der Waals surface area contributed by atoms with Gasteiger partial charge in [0.2, 0.25) is 0 Å². The third kappa shape index (κ3) is 7.62. The Balaban J connectivity index is 0.00000288. The van der Waals surface area contributed by atoms with Gasteiger partial charge in [0.15, 0.2) is 5.96 Å². The van der Waals surface area contributed by atoms with Crippen LogP contribution in [-0.2, 0) is 11.2 Å². The Labute approximate surface area is 168 Å². The van der Waals surface area contributed by atoms with Gasteiger partial charge in [0.1, 0.15) is 5.82 Å². The van der Waals surface area contributed by atoms with Gasteiger partial charge in [-0.05, 0) is 30.2 Å². The molecule has 136 valence electrons.